The molecule has 0 fully saturated rings. The molecular weight excluding hydrogens is 152 g/mol. The smallest absolute Gasteiger partial charge is 0.0929 e. The van der Waals surface area contributed by atoms with Crippen LogP contribution in [0.3, 0.4) is 0 Å². The largest absolute Gasteiger partial charge is 0.387 e. The van der Waals surface area contributed by atoms with Crippen LogP contribution in [-0.4, -0.2) is 16.6 Å². The molecule has 1 rings (SSSR count). The molecule has 0 saturated heterocycles. The van der Waals surface area contributed by atoms with Crippen LogP contribution in [0, 0.1) is 0 Å². The van der Waals surface area contributed by atoms with Gasteiger partial charge in [-0.2, -0.15) is 0 Å². The minimum atomic E-state index is -0.575. The fourth-order valence-electron chi connectivity index (χ4n) is 1.18. The van der Waals surface area contributed by atoms with Gasteiger partial charge in [0.25, 0.3) is 0 Å². The highest BCUT2D eigenvalue weighted by atomic mass is 16.3. The molecule has 0 aliphatic rings. The molecule has 0 spiro atoms. The maximum Gasteiger partial charge on any atom is 0.0929 e. The summed E-state index contributed by atoms with van der Waals surface area (Å²) >= 11 is 0. The molecule has 12 heavy (non-hydrogen) atoms. The summed E-state index contributed by atoms with van der Waals surface area (Å²) in [5, 5.41) is 9.48. The molecule has 0 aliphatic heterocycles. The third kappa shape index (κ3) is 1.81. The standard InChI is InChI=1S/C9H14N2O/c1-2-7-3-4-11-6-8(7)9(12)5-10/h3-4,6,9,12H,2,5,10H2,1H3. The SMILES string of the molecule is CCc1ccncc1C(O)CN. The molecule has 0 radical (unpaired) electrons. The Morgan fingerprint density at radius 3 is 3.00 bits per heavy atom. The van der Waals surface area contributed by atoms with Crippen molar-refractivity contribution in [2.75, 3.05) is 6.54 Å². The molecule has 66 valence electrons. The molecule has 0 aromatic carbocycles. The van der Waals surface area contributed by atoms with Crippen molar-refractivity contribution >= 4 is 0 Å². The van der Waals surface area contributed by atoms with Crippen LogP contribution in [0.25, 0.3) is 0 Å². The fourth-order valence-corrected chi connectivity index (χ4v) is 1.18. The molecule has 3 nitrogen and oxygen atoms in total. The van der Waals surface area contributed by atoms with E-state index in [0.29, 0.717) is 0 Å². The number of hydrogen-bond acceptors (Lipinski definition) is 3. The second kappa shape index (κ2) is 4.18. The van der Waals surface area contributed by atoms with Gasteiger partial charge in [-0.25, -0.2) is 0 Å². The Morgan fingerprint density at radius 1 is 1.67 bits per heavy atom. The monoisotopic (exact) mass is 166 g/mol. The fraction of sp³-hybridized carbons (Fsp3) is 0.444. The quantitative estimate of drug-likeness (QED) is 0.692. The van der Waals surface area contributed by atoms with Gasteiger partial charge in [0.15, 0.2) is 0 Å². The number of aromatic nitrogens is 1. The second-order valence-electron chi connectivity index (χ2n) is 2.68. The highest BCUT2D eigenvalue weighted by molar-refractivity contribution is 5.25. The Kier molecular flexibility index (Phi) is 3.19. The number of pyridine rings is 1. The minimum Gasteiger partial charge on any atom is -0.387 e. The summed E-state index contributed by atoms with van der Waals surface area (Å²) in [5.41, 5.74) is 7.31. The molecule has 0 aliphatic carbocycles. The first-order valence-corrected chi connectivity index (χ1v) is 4.10. The van der Waals surface area contributed by atoms with Crippen molar-refractivity contribution in [3.05, 3.63) is 29.6 Å². The van der Waals surface area contributed by atoms with E-state index >= 15 is 0 Å². The van der Waals surface area contributed by atoms with Gasteiger partial charge in [-0.1, -0.05) is 6.92 Å². The lowest BCUT2D eigenvalue weighted by atomic mass is 10.0. The third-order valence-electron chi connectivity index (χ3n) is 1.91. The predicted molar refractivity (Wildman–Crippen MR) is 47.6 cm³/mol. The van der Waals surface area contributed by atoms with Crippen molar-refractivity contribution in [3.63, 3.8) is 0 Å². The first kappa shape index (κ1) is 9.16. The summed E-state index contributed by atoms with van der Waals surface area (Å²) in [7, 11) is 0. The van der Waals surface area contributed by atoms with Gasteiger partial charge in [0.05, 0.1) is 6.10 Å². The zero-order chi connectivity index (χ0) is 8.97. The van der Waals surface area contributed by atoms with Crippen molar-refractivity contribution in [1.29, 1.82) is 0 Å². The van der Waals surface area contributed by atoms with E-state index in [9.17, 15) is 5.11 Å². The molecule has 0 amide bonds. The number of rotatable bonds is 3. The molecule has 3 N–H and O–H groups in total. The van der Waals surface area contributed by atoms with E-state index in [1.807, 2.05) is 13.0 Å². The summed E-state index contributed by atoms with van der Waals surface area (Å²) in [5.74, 6) is 0. The van der Waals surface area contributed by atoms with Gasteiger partial charge in [0, 0.05) is 24.5 Å². The zero-order valence-electron chi connectivity index (χ0n) is 7.20. The molecule has 1 atom stereocenters. The van der Waals surface area contributed by atoms with Crippen LogP contribution in [0.5, 0.6) is 0 Å². The van der Waals surface area contributed by atoms with E-state index in [4.69, 9.17) is 5.73 Å². The average Bonchev–Trinajstić information content (AvgIpc) is 2.16. The molecule has 1 unspecified atom stereocenters. The van der Waals surface area contributed by atoms with E-state index in [0.717, 1.165) is 17.5 Å². The number of aryl methyl sites for hydroxylation is 1. The lowest BCUT2D eigenvalue weighted by Gasteiger charge is -2.11. The predicted octanol–water partition coefficient (Wildman–Crippen LogP) is 0.636. The Bertz CT molecular complexity index is 250. The molecule has 1 aromatic rings. The number of nitrogens with two attached hydrogens (primary N) is 1. The van der Waals surface area contributed by atoms with Crippen molar-refractivity contribution in [1.82, 2.24) is 4.98 Å². The topological polar surface area (TPSA) is 59.1 Å². The second-order valence-corrected chi connectivity index (χ2v) is 2.68. The van der Waals surface area contributed by atoms with Crippen LogP contribution in [-0.2, 0) is 6.42 Å². The van der Waals surface area contributed by atoms with E-state index in [1.54, 1.807) is 12.4 Å². The van der Waals surface area contributed by atoms with Gasteiger partial charge in [-0.05, 0) is 18.1 Å². The van der Waals surface area contributed by atoms with E-state index < -0.39 is 6.10 Å². The summed E-state index contributed by atoms with van der Waals surface area (Å²) in [6, 6.07) is 1.91. The van der Waals surface area contributed by atoms with E-state index in [2.05, 4.69) is 4.98 Å². The summed E-state index contributed by atoms with van der Waals surface area (Å²) < 4.78 is 0. The Morgan fingerprint density at radius 2 is 2.42 bits per heavy atom. The summed E-state index contributed by atoms with van der Waals surface area (Å²) in [6.07, 6.45) is 3.73. The molecule has 3 heteroatoms. The van der Waals surface area contributed by atoms with Crippen LogP contribution in [0.2, 0.25) is 0 Å². The van der Waals surface area contributed by atoms with Crippen molar-refractivity contribution in [3.8, 4) is 0 Å². The molecule has 0 bridgehead atoms. The summed E-state index contributed by atoms with van der Waals surface area (Å²) in [4.78, 5) is 3.95. The van der Waals surface area contributed by atoms with Crippen molar-refractivity contribution in [2.45, 2.75) is 19.4 Å². The molecule has 1 heterocycles. The number of aliphatic hydroxyl groups excluding tert-OH is 1. The molecular formula is C9H14N2O. The minimum absolute atomic E-state index is 0.249. The first-order chi connectivity index (χ1) is 5.79. The highest BCUT2D eigenvalue weighted by Crippen LogP contribution is 2.15. The Labute approximate surface area is 72.2 Å². The highest BCUT2D eigenvalue weighted by Gasteiger charge is 2.08. The normalized spacial score (nSPS) is 12.9. The van der Waals surface area contributed by atoms with Gasteiger partial charge >= 0.3 is 0 Å². The number of nitrogens with zero attached hydrogens (tertiary/aromatic N) is 1. The van der Waals surface area contributed by atoms with Gasteiger partial charge in [-0.15, -0.1) is 0 Å². The average molecular weight is 166 g/mol. The lowest BCUT2D eigenvalue weighted by molar-refractivity contribution is 0.185. The maximum atomic E-state index is 9.48. The van der Waals surface area contributed by atoms with E-state index in [-0.39, 0.29) is 6.54 Å². The Hall–Kier alpha value is -0.930. The lowest BCUT2D eigenvalue weighted by Crippen LogP contribution is -2.13. The first-order valence-electron chi connectivity index (χ1n) is 4.10. The zero-order valence-corrected chi connectivity index (χ0v) is 7.20. The molecule has 0 saturated carbocycles. The maximum absolute atomic E-state index is 9.48. The van der Waals surface area contributed by atoms with Crippen molar-refractivity contribution in [2.24, 2.45) is 5.73 Å². The van der Waals surface area contributed by atoms with Crippen LogP contribution in [0.1, 0.15) is 24.2 Å². The third-order valence-corrected chi connectivity index (χ3v) is 1.91. The van der Waals surface area contributed by atoms with Crippen LogP contribution in [0.4, 0.5) is 0 Å². The number of hydrogen-bond donors (Lipinski definition) is 2. The van der Waals surface area contributed by atoms with E-state index in [1.165, 1.54) is 0 Å². The van der Waals surface area contributed by atoms with Crippen LogP contribution >= 0.6 is 0 Å². The van der Waals surface area contributed by atoms with Crippen molar-refractivity contribution < 1.29 is 5.11 Å². The van der Waals surface area contributed by atoms with Gasteiger partial charge < -0.3 is 10.8 Å². The molecule has 1 aromatic heterocycles. The summed E-state index contributed by atoms with van der Waals surface area (Å²) in [6.45, 7) is 2.29. The van der Waals surface area contributed by atoms with Gasteiger partial charge in [-0.3, -0.25) is 4.98 Å². The van der Waals surface area contributed by atoms with Crippen LogP contribution in [0.15, 0.2) is 18.5 Å². The van der Waals surface area contributed by atoms with Gasteiger partial charge in [0.2, 0.25) is 0 Å². The van der Waals surface area contributed by atoms with Crippen LogP contribution < -0.4 is 5.73 Å². The number of aliphatic hydroxyl groups is 1. The van der Waals surface area contributed by atoms with Gasteiger partial charge in [0.1, 0.15) is 0 Å². The Balaban J connectivity index is 2.96.